The first-order valence-electron chi connectivity index (χ1n) is 10.6. The van der Waals surface area contributed by atoms with E-state index in [0.29, 0.717) is 26.9 Å². The molecule has 1 aromatic heterocycles. The van der Waals surface area contributed by atoms with E-state index in [4.69, 9.17) is 10.5 Å². The van der Waals surface area contributed by atoms with E-state index < -0.39 is 10.5 Å². The van der Waals surface area contributed by atoms with Gasteiger partial charge in [-0.1, -0.05) is 66.0 Å². The summed E-state index contributed by atoms with van der Waals surface area (Å²) in [6.07, 6.45) is 0. The number of allylic oxidation sites excluding steroid dienone is 2. The Morgan fingerprint density at radius 1 is 0.771 bits per heavy atom. The second-order valence-corrected chi connectivity index (χ2v) is 9.97. The minimum atomic E-state index is -0.634. The molecular formula is C26H19N5O2S2. The smallest absolute Gasteiger partial charge is 0.227 e. The molecule has 2 unspecified atom stereocenters. The monoisotopic (exact) mass is 497 g/mol. The topological polar surface area (TPSA) is 120 Å². The Labute approximate surface area is 211 Å². The number of fused-ring (bicyclic) bond motifs is 1. The van der Waals surface area contributed by atoms with Crippen LogP contribution in [0.2, 0.25) is 0 Å². The molecule has 2 atom stereocenters. The summed E-state index contributed by atoms with van der Waals surface area (Å²) in [5.41, 5.74) is 3.69. The molecule has 0 amide bonds. The first kappa shape index (κ1) is 24.2. The van der Waals surface area contributed by atoms with Gasteiger partial charge in [-0.15, -0.1) is 0 Å². The Bertz CT molecular complexity index is 1340. The van der Waals surface area contributed by atoms with Gasteiger partial charge < -0.3 is 5.32 Å². The molecule has 1 aliphatic heterocycles. The van der Waals surface area contributed by atoms with Gasteiger partial charge in [0.05, 0.1) is 21.9 Å². The van der Waals surface area contributed by atoms with Gasteiger partial charge in [-0.25, -0.2) is 9.97 Å². The lowest BCUT2D eigenvalue weighted by Crippen LogP contribution is -2.29. The summed E-state index contributed by atoms with van der Waals surface area (Å²) in [7, 11) is 0. The molecule has 0 saturated heterocycles. The van der Waals surface area contributed by atoms with E-state index in [1.165, 1.54) is 0 Å². The van der Waals surface area contributed by atoms with Gasteiger partial charge in [0.1, 0.15) is 10.5 Å². The molecule has 7 nitrogen and oxygen atoms in total. The van der Waals surface area contributed by atoms with Crippen LogP contribution in [0.3, 0.4) is 0 Å². The van der Waals surface area contributed by atoms with Crippen LogP contribution in [0.5, 0.6) is 0 Å². The van der Waals surface area contributed by atoms with Crippen molar-refractivity contribution in [2.24, 2.45) is 0 Å². The fourth-order valence-electron chi connectivity index (χ4n) is 3.54. The van der Waals surface area contributed by atoms with Crippen molar-refractivity contribution in [3.05, 3.63) is 93.0 Å². The zero-order chi connectivity index (χ0) is 24.9. The number of anilines is 2. The van der Waals surface area contributed by atoms with Gasteiger partial charge in [0, 0.05) is 28.2 Å². The molecule has 2 heterocycles. The molecule has 5 rings (SSSR count). The maximum Gasteiger partial charge on any atom is 0.227 e. The number of ketones is 2. The van der Waals surface area contributed by atoms with Gasteiger partial charge in [-0.2, -0.15) is 10.5 Å². The van der Waals surface area contributed by atoms with E-state index >= 15 is 0 Å². The average Bonchev–Trinajstić information content (AvgIpc) is 2.87. The van der Waals surface area contributed by atoms with Crippen molar-refractivity contribution >= 4 is 46.7 Å². The number of aromatic nitrogens is 2. The third kappa shape index (κ3) is 5.27. The quantitative estimate of drug-likeness (QED) is 0.497. The van der Waals surface area contributed by atoms with Gasteiger partial charge in [0.2, 0.25) is 17.5 Å². The lowest BCUT2D eigenvalue weighted by atomic mass is 9.94. The van der Waals surface area contributed by atoms with Gasteiger partial charge in [0.25, 0.3) is 0 Å². The number of rotatable bonds is 2. The van der Waals surface area contributed by atoms with Crippen molar-refractivity contribution in [2.75, 3.05) is 5.32 Å². The van der Waals surface area contributed by atoms with Gasteiger partial charge in [0.15, 0.2) is 0 Å². The number of nitriles is 2. The second kappa shape index (κ2) is 10.6. The van der Waals surface area contributed by atoms with Crippen LogP contribution in [0.4, 0.5) is 11.6 Å². The molecule has 0 spiro atoms. The summed E-state index contributed by atoms with van der Waals surface area (Å²) in [4.78, 5) is 34.1. The third-order valence-electron chi connectivity index (χ3n) is 5.07. The standard InChI is InChI=1S/C14H6N2O2S2.C12H13N3/c15-5-9-10(6-16)20-14-12(18)8-4-2-1-3-7(8)11(17)13(14)19-9;1-9-8-10(2)14-12(13-9)15-11-6-4-3-5-7-11/h1-4,9-10H;3-8H,1-2H3,(H,13,14,15). The Hall–Kier alpha value is -3.92. The van der Waals surface area contributed by atoms with Crippen LogP contribution in [0.15, 0.2) is 70.5 Å². The van der Waals surface area contributed by atoms with Crippen LogP contribution in [-0.4, -0.2) is 32.0 Å². The largest absolute Gasteiger partial charge is 0.324 e. The summed E-state index contributed by atoms with van der Waals surface area (Å²) in [5, 5.41) is 20.0. The third-order valence-corrected chi connectivity index (χ3v) is 7.88. The Balaban J connectivity index is 0.000000172. The van der Waals surface area contributed by atoms with E-state index in [0.717, 1.165) is 40.6 Å². The molecule has 172 valence electrons. The lowest BCUT2D eigenvalue weighted by Gasteiger charge is -2.28. The van der Waals surface area contributed by atoms with Crippen LogP contribution < -0.4 is 5.32 Å². The summed E-state index contributed by atoms with van der Waals surface area (Å²) in [5.74, 6) is 0.187. The van der Waals surface area contributed by atoms with Crippen LogP contribution >= 0.6 is 23.5 Å². The SMILES string of the molecule is Cc1cc(C)nc(Nc2ccccc2)n1.N#CC1SC2=C(SC1C#N)C(=O)c1ccccc1C2=O. The van der Waals surface area contributed by atoms with E-state index in [-0.39, 0.29) is 11.6 Å². The molecule has 0 fully saturated rings. The first-order chi connectivity index (χ1) is 16.9. The number of hydrogen-bond donors (Lipinski definition) is 1. The maximum absolute atomic E-state index is 12.4. The Kier molecular flexibility index (Phi) is 7.31. The predicted molar refractivity (Wildman–Crippen MR) is 137 cm³/mol. The van der Waals surface area contributed by atoms with E-state index in [1.54, 1.807) is 24.3 Å². The molecule has 3 aromatic rings. The molecule has 0 radical (unpaired) electrons. The highest BCUT2D eigenvalue weighted by Crippen LogP contribution is 2.47. The van der Waals surface area contributed by atoms with Crippen molar-refractivity contribution in [3.63, 3.8) is 0 Å². The number of carbonyl (C=O) groups is 2. The van der Waals surface area contributed by atoms with Crippen molar-refractivity contribution in [1.29, 1.82) is 10.5 Å². The fraction of sp³-hybridized carbons (Fsp3) is 0.154. The molecular weight excluding hydrogens is 478 g/mol. The van der Waals surface area contributed by atoms with Crippen molar-refractivity contribution < 1.29 is 9.59 Å². The predicted octanol–water partition coefficient (Wildman–Crippen LogP) is 5.38. The highest BCUT2D eigenvalue weighted by atomic mass is 32.2. The van der Waals surface area contributed by atoms with Crippen LogP contribution in [0.1, 0.15) is 32.1 Å². The summed E-state index contributed by atoms with van der Waals surface area (Å²) >= 11 is 2.06. The first-order valence-corrected chi connectivity index (χ1v) is 12.4. The van der Waals surface area contributed by atoms with Crippen LogP contribution in [-0.2, 0) is 0 Å². The average molecular weight is 498 g/mol. The molecule has 1 N–H and O–H groups in total. The molecule has 2 aromatic carbocycles. The van der Waals surface area contributed by atoms with Crippen molar-refractivity contribution in [1.82, 2.24) is 9.97 Å². The van der Waals surface area contributed by atoms with E-state index in [1.807, 2.05) is 62.4 Å². The maximum atomic E-state index is 12.4. The van der Waals surface area contributed by atoms with Crippen LogP contribution in [0.25, 0.3) is 0 Å². The summed E-state index contributed by atoms with van der Waals surface area (Å²) in [6.45, 7) is 3.93. The highest BCUT2D eigenvalue weighted by Gasteiger charge is 2.41. The molecule has 0 saturated carbocycles. The Morgan fingerprint density at radius 2 is 1.23 bits per heavy atom. The van der Waals surface area contributed by atoms with Gasteiger partial charge >= 0.3 is 0 Å². The zero-order valence-corrected chi connectivity index (χ0v) is 20.5. The minimum Gasteiger partial charge on any atom is -0.324 e. The number of Topliss-reactive ketones (excluding diaryl/α,β-unsaturated/α-hetero) is 2. The van der Waals surface area contributed by atoms with E-state index in [9.17, 15) is 9.59 Å². The minimum absolute atomic E-state index is 0.232. The molecule has 1 aliphatic carbocycles. The number of para-hydroxylation sites is 1. The van der Waals surface area contributed by atoms with Crippen molar-refractivity contribution in [3.8, 4) is 12.1 Å². The summed E-state index contributed by atoms with van der Waals surface area (Å²) in [6, 6.07) is 22.5. The second-order valence-electron chi connectivity index (χ2n) is 7.66. The fourth-order valence-corrected chi connectivity index (χ4v) is 5.98. The number of carbonyl (C=O) groups excluding carboxylic acids is 2. The molecule has 35 heavy (non-hydrogen) atoms. The van der Waals surface area contributed by atoms with E-state index in [2.05, 4.69) is 15.3 Å². The van der Waals surface area contributed by atoms with Crippen molar-refractivity contribution in [2.45, 2.75) is 24.3 Å². The van der Waals surface area contributed by atoms with Gasteiger partial charge in [-0.3, -0.25) is 9.59 Å². The normalized spacial score (nSPS) is 18.3. The highest BCUT2D eigenvalue weighted by molar-refractivity contribution is 8.12. The molecule has 9 heteroatoms. The number of nitrogens with one attached hydrogen (secondary N) is 1. The number of benzene rings is 2. The lowest BCUT2D eigenvalue weighted by molar-refractivity contribution is 0.0988. The number of aryl methyl sites for hydroxylation is 2. The molecule has 2 aliphatic rings. The Morgan fingerprint density at radius 3 is 1.69 bits per heavy atom. The molecule has 0 bridgehead atoms. The van der Waals surface area contributed by atoms with Crippen LogP contribution in [0, 0.1) is 36.5 Å². The zero-order valence-electron chi connectivity index (χ0n) is 18.9. The number of hydrogen-bond acceptors (Lipinski definition) is 9. The number of thioether (sulfide) groups is 2. The summed E-state index contributed by atoms with van der Waals surface area (Å²) < 4.78 is 0. The number of nitrogens with zero attached hydrogens (tertiary/aromatic N) is 4. The van der Waals surface area contributed by atoms with Gasteiger partial charge in [-0.05, 0) is 32.0 Å².